The highest BCUT2D eigenvalue weighted by Crippen LogP contribution is 2.07. The SMILES string of the molecule is Cc1ccc(C(=O)NC(=O)OC(C)(C)C)cc1. The fraction of sp³-hybridized carbons (Fsp3) is 0.385. The van der Waals surface area contributed by atoms with E-state index in [4.69, 9.17) is 4.74 Å². The molecule has 1 aromatic rings. The van der Waals surface area contributed by atoms with E-state index in [9.17, 15) is 9.59 Å². The first-order valence-corrected chi connectivity index (χ1v) is 5.39. The van der Waals surface area contributed by atoms with Crippen LogP contribution < -0.4 is 5.32 Å². The van der Waals surface area contributed by atoms with Crippen molar-refractivity contribution >= 4 is 12.0 Å². The highest BCUT2D eigenvalue weighted by Gasteiger charge is 2.18. The van der Waals surface area contributed by atoms with Gasteiger partial charge in [-0.1, -0.05) is 17.7 Å². The van der Waals surface area contributed by atoms with Crippen LogP contribution in [0.25, 0.3) is 0 Å². The lowest BCUT2D eigenvalue weighted by Crippen LogP contribution is -2.36. The van der Waals surface area contributed by atoms with Gasteiger partial charge in [0.2, 0.25) is 0 Å². The Kier molecular flexibility index (Phi) is 3.89. The molecule has 4 heteroatoms. The van der Waals surface area contributed by atoms with Gasteiger partial charge in [-0.15, -0.1) is 0 Å². The Morgan fingerprint density at radius 2 is 1.65 bits per heavy atom. The number of carbonyl (C=O) groups is 2. The van der Waals surface area contributed by atoms with Crippen molar-refractivity contribution in [3.63, 3.8) is 0 Å². The summed E-state index contributed by atoms with van der Waals surface area (Å²) >= 11 is 0. The molecule has 0 aromatic heterocycles. The van der Waals surface area contributed by atoms with Crippen molar-refractivity contribution in [3.8, 4) is 0 Å². The van der Waals surface area contributed by atoms with Crippen LogP contribution in [-0.2, 0) is 4.74 Å². The third kappa shape index (κ3) is 4.68. The Morgan fingerprint density at radius 3 is 2.12 bits per heavy atom. The summed E-state index contributed by atoms with van der Waals surface area (Å²) in [6, 6.07) is 6.94. The molecule has 92 valence electrons. The van der Waals surface area contributed by atoms with Gasteiger partial charge in [-0.05, 0) is 39.8 Å². The molecule has 0 radical (unpaired) electrons. The minimum absolute atomic E-state index is 0.432. The Balaban J connectivity index is 2.61. The Bertz CT molecular complexity index is 415. The summed E-state index contributed by atoms with van der Waals surface area (Å²) in [6.07, 6.45) is -0.733. The molecule has 2 amide bonds. The largest absolute Gasteiger partial charge is 0.444 e. The number of rotatable bonds is 1. The monoisotopic (exact) mass is 235 g/mol. The van der Waals surface area contributed by atoms with Gasteiger partial charge in [0.05, 0.1) is 0 Å². The van der Waals surface area contributed by atoms with Crippen molar-refractivity contribution in [2.75, 3.05) is 0 Å². The van der Waals surface area contributed by atoms with Crippen molar-refractivity contribution in [2.24, 2.45) is 0 Å². The Morgan fingerprint density at radius 1 is 1.12 bits per heavy atom. The average Bonchev–Trinajstić information content (AvgIpc) is 2.15. The quantitative estimate of drug-likeness (QED) is 0.814. The van der Waals surface area contributed by atoms with Crippen molar-refractivity contribution in [1.82, 2.24) is 5.32 Å². The molecule has 0 bridgehead atoms. The van der Waals surface area contributed by atoms with E-state index in [2.05, 4.69) is 5.32 Å². The maximum Gasteiger partial charge on any atom is 0.414 e. The second kappa shape index (κ2) is 4.99. The summed E-state index contributed by atoms with van der Waals surface area (Å²) < 4.78 is 4.98. The third-order valence-electron chi connectivity index (χ3n) is 1.93. The minimum atomic E-state index is -0.733. The van der Waals surface area contributed by atoms with Gasteiger partial charge in [0.15, 0.2) is 0 Å². The molecule has 1 aromatic carbocycles. The molecule has 0 heterocycles. The number of hydrogen-bond acceptors (Lipinski definition) is 3. The zero-order valence-electron chi connectivity index (χ0n) is 10.5. The van der Waals surface area contributed by atoms with Crippen molar-refractivity contribution in [1.29, 1.82) is 0 Å². The lowest BCUT2D eigenvalue weighted by Gasteiger charge is -2.19. The second-order valence-corrected chi connectivity index (χ2v) is 4.82. The van der Waals surface area contributed by atoms with Crippen LogP contribution in [0, 0.1) is 6.92 Å². The number of carbonyl (C=O) groups excluding carboxylic acids is 2. The van der Waals surface area contributed by atoms with Crippen LogP contribution in [0.4, 0.5) is 4.79 Å². The number of ether oxygens (including phenoxy) is 1. The fourth-order valence-electron chi connectivity index (χ4n) is 1.17. The van der Waals surface area contributed by atoms with Gasteiger partial charge >= 0.3 is 6.09 Å². The molecule has 0 aliphatic carbocycles. The number of benzene rings is 1. The van der Waals surface area contributed by atoms with Gasteiger partial charge < -0.3 is 4.74 Å². The molecule has 0 atom stereocenters. The molecule has 0 spiro atoms. The van der Waals surface area contributed by atoms with Crippen LogP contribution in [0.2, 0.25) is 0 Å². The summed E-state index contributed by atoms with van der Waals surface area (Å²) in [4.78, 5) is 23.0. The van der Waals surface area contributed by atoms with E-state index in [1.54, 1.807) is 32.9 Å². The summed E-state index contributed by atoms with van der Waals surface area (Å²) in [5.74, 6) is -0.459. The molecule has 0 aliphatic rings. The van der Waals surface area contributed by atoms with E-state index in [0.29, 0.717) is 5.56 Å². The minimum Gasteiger partial charge on any atom is -0.444 e. The van der Waals surface area contributed by atoms with Gasteiger partial charge in [-0.2, -0.15) is 0 Å². The molecule has 1 N–H and O–H groups in total. The molecule has 0 saturated carbocycles. The smallest absolute Gasteiger partial charge is 0.414 e. The van der Waals surface area contributed by atoms with Gasteiger partial charge in [-0.3, -0.25) is 10.1 Å². The van der Waals surface area contributed by atoms with E-state index in [0.717, 1.165) is 5.56 Å². The molecule has 0 aliphatic heterocycles. The maximum absolute atomic E-state index is 11.6. The first-order valence-electron chi connectivity index (χ1n) is 5.39. The molecule has 0 saturated heterocycles. The van der Waals surface area contributed by atoms with Crippen molar-refractivity contribution in [2.45, 2.75) is 33.3 Å². The standard InChI is InChI=1S/C13H17NO3/c1-9-5-7-10(8-6-9)11(15)14-12(16)17-13(2,3)4/h5-8H,1-4H3,(H,14,15,16). The highest BCUT2D eigenvalue weighted by atomic mass is 16.6. The number of nitrogens with one attached hydrogen (secondary N) is 1. The zero-order valence-corrected chi connectivity index (χ0v) is 10.5. The van der Waals surface area contributed by atoms with E-state index in [1.165, 1.54) is 0 Å². The fourth-order valence-corrected chi connectivity index (χ4v) is 1.17. The van der Waals surface area contributed by atoms with Crippen LogP contribution in [0.15, 0.2) is 24.3 Å². The second-order valence-electron chi connectivity index (χ2n) is 4.82. The number of amides is 2. The number of imide groups is 1. The Hall–Kier alpha value is -1.84. The highest BCUT2D eigenvalue weighted by molar-refractivity contribution is 6.02. The van der Waals surface area contributed by atoms with Crippen LogP contribution >= 0.6 is 0 Å². The first-order chi connectivity index (χ1) is 7.78. The molecule has 1 rings (SSSR count). The predicted molar refractivity (Wildman–Crippen MR) is 64.9 cm³/mol. The molecule has 17 heavy (non-hydrogen) atoms. The van der Waals surface area contributed by atoms with E-state index in [-0.39, 0.29) is 0 Å². The number of aryl methyl sites for hydroxylation is 1. The first kappa shape index (κ1) is 13.2. The van der Waals surface area contributed by atoms with Gasteiger partial charge in [0, 0.05) is 5.56 Å². The molecular formula is C13H17NO3. The summed E-state index contributed by atoms with van der Waals surface area (Å²) in [7, 11) is 0. The molecule has 4 nitrogen and oxygen atoms in total. The van der Waals surface area contributed by atoms with Crippen molar-refractivity contribution < 1.29 is 14.3 Å². The van der Waals surface area contributed by atoms with Gasteiger partial charge in [-0.25, -0.2) is 4.79 Å². The number of hydrogen-bond donors (Lipinski definition) is 1. The zero-order chi connectivity index (χ0) is 13.1. The van der Waals surface area contributed by atoms with Crippen molar-refractivity contribution in [3.05, 3.63) is 35.4 Å². The average molecular weight is 235 g/mol. The lowest BCUT2D eigenvalue weighted by molar-refractivity contribution is 0.0508. The van der Waals surface area contributed by atoms with Crippen LogP contribution in [0.5, 0.6) is 0 Å². The summed E-state index contributed by atoms with van der Waals surface area (Å²) in [5, 5.41) is 2.17. The van der Waals surface area contributed by atoms with Crippen LogP contribution in [-0.4, -0.2) is 17.6 Å². The van der Waals surface area contributed by atoms with Crippen LogP contribution in [0.3, 0.4) is 0 Å². The normalized spacial score (nSPS) is 10.8. The van der Waals surface area contributed by atoms with Gasteiger partial charge in [0.25, 0.3) is 5.91 Å². The predicted octanol–water partition coefficient (Wildman–Crippen LogP) is 2.66. The van der Waals surface area contributed by atoms with E-state index >= 15 is 0 Å². The maximum atomic E-state index is 11.6. The lowest BCUT2D eigenvalue weighted by atomic mass is 10.1. The molecule has 0 unspecified atom stereocenters. The number of alkyl carbamates (subject to hydrolysis) is 1. The molecule has 0 fully saturated rings. The Labute approximate surface area is 101 Å². The van der Waals surface area contributed by atoms with Gasteiger partial charge in [0.1, 0.15) is 5.60 Å². The topological polar surface area (TPSA) is 55.4 Å². The third-order valence-corrected chi connectivity index (χ3v) is 1.93. The van der Waals surface area contributed by atoms with Crippen LogP contribution in [0.1, 0.15) is 36.7 Å². The summed E-state index contributed by atoms with van der Waals surface area (Å²) in [6.45, 7) is 7.14. The van der Waals surface area contributed by atoms with E-state index in [1.807, 2.05) is 19.1 Å². The molecular weight excluding hydrogens is 218 g/mol. The summed E-state index contributed by atoms with van der Waals surface area (Å²) in [5.41, 5.74) is 0.873. The van der Waals surface area contributed by atoms with E-state index < -0.39 is 17.6 Å².